The van der Waals surface area contributed by atoms with Crippen LogP contribution in [0.4, 0.5) is 0 Å². The summed E-state index contributed by atoms with van der Waals surface area (Å²) < 4.78 is 0. The van der Waals surface area contributed by atoms with Crippen LogP contribution in [0.5, 0.6) is 0 Å². The lowest BCUT2D eigenvalue weighted by Crippen LogP contribution is -2.49. The quantitative estimate of drug-likeness (QED) is 0.830. The number of likely N-dealkylation sites (N-methyl/N-ethyl adjacent to an activating group) is 1. The maximum Gasteiger partial charge on any atom is 0.0853 e. The molecule has 0 aliphatic rings. The largest absolute Gasteiger partial charge is 0.394 e. The molecular weight excluding hydrogens is 238 g/mol. The van der Waals surface area contributed by atoms with Gasteiger partial charge in [0.25, 0.3) is 0 Å². The maximum atomic E-state index is 10.5. The van der Waals surface area contributed by atoms with Crippen molar-refractivity contribution in [3.8, 4) is 0 Å². The lowest BCUT2D eigenvalue weighted by Gasteiger charge is -2.41. The van der Waals surface area contributed by atoms with Gasteiger partial charge >= 0.3 is 0 Å². The SMILES string of the molecule is CN(CC(C)(C)C(O)c1ccccc1)C(C)(C)CO. The first kappa shape index (κ1) is 16.2. The number of aliphatic hydroxyl groups is 2. The van der Waals surface area contributed by atoms with Crippen LogP contribution in [0, 0.1) is 5.41 Å². The second kappa shape index (κ2) is 6.04. The van der Waals surface area contributed by atoms with E-state index in [0.717, 1.165) is 5.56 Å². The topological polar surface area (TPSA) is 43.7 Å². The van der Waals surface area contributed by atoms with Crippen molar-refractivity contribution in [3.63, 3.8) is 0 Å². The number of hydrogen-bond acceptors (Lipinski definition) is 3. The first-order valence-electron chi connectivity index (χ1n) is 6.76. The lowest BCUT2D eigenvalue weighted by molar-refractivity contribution is -0.0111. The van der Waals surface area contributed by atoms with Gasteiger partial charge in [0, 0.05) is 17.5 Å². The molecule has 0 saturated heterocycles. The zero-order chi connectivity index (χ0) is 14.7. The number of benzene rings is 1. The van der Waals surface area contributed by atoms with Crippen LogP contribution >= 0.6 is 0 Å². The van der Waals surface area contributed by atoms with Gasteiger partial charge in [-0.1, -0.05) is 44.2 Å². The van der Waals surface area contributed by atoms with Crippen molar-refractivity contribution in [2.24, 2.45) is 5.41 Å². The summed E-state index contributed by atoms with van der Waals surface area (Å²) in [6.45, 7) is 8.90. The summed E-state index contributed by atoms with van der Waals surface area (Å²) in [7, 11) is 1.98. The molecule has 1 unspecified atom stereocenters. The number of rotatable bonds is 6. The standard InChI is InChI=1S/C16H27NO2/c1-15(2,11-17(5)16(3,4)12-18)14(19)13-9-7-6-8-10-13/h6-10,14,18-19H,11-12H2,1-5H3. The highest BCUT2D eigenvalue weighted by Gasteiger charge is 2.34. The van der Waals surface area contributed by atoms with Crippen molar-refractivity contribution >= 4 is 0 Å². The van der Waals surface area contributed by atoms with Crippen molar-refractivity contribution in [2.75, 3.05) is 20.2 Å². The van der Waals surface area contributed by atoms with Crippen molar-refractivity contribution in [2.45, 2.75) is 39.3 Å². The van der Waals surface area contributed by atoms with Gasteiger partial charge in [0.15, 0.2) is 0 Å². The van der Waals surface area contributed by atoms with E-state index in [1.165, 1.54) is 0 Å². The molecule has 0 aromatic heterocycles. The third-order valence-corrected chi connectivity index (χ3v) is 3.92. The molecule has 3 heteroatoms. The Bertz CT molecular complexity index is 387. The van der Waals surface area contributed by atoms with Crippen molar-refractivity contribution in [1.29, 1.82) is 0 Å². The molecule has 0 radical (unpaired) electrons. The van der Waals surface area contributed by atoms with Crippen LogP contribution in [0.15, 0.2) is 30.3 Å². The third-order valence-electron chi connectivity index (χ3n) is 3.92. The molecule has 1 aromatic rings. The van der Waals surface area contributed by atoms with Crippen LogP contribution in [-0.2, 0) is 0 Å². The highest BCUT2D eigenvalue weighted by atomic mass is 16.3. The fourth-order valence-corrected chi connectivity index (χ4v) is 2.12. The molecule has 0 fully saturated rings. The average Bonchev–Trinajstić information content (AvgIpc) is 2.38. The van der Waals surface area contributed by atoms with E-state index < -0.39 is 6.10 Å². The molecule has 1 rings (SSSR count). The summed E-state index contributed by atoms with van der Waals surface area (Å²) in [5.74, 6) is 0. The smallest absolute Gasteiger partial charge is 0.0853 e. The highest BCUT2D eigenvalue weighted by molar-refractivity contribution is 5.19. The minimum Gasteiger partial charge on any atom is -0.394 e. The van der Waals surface area contributed by atoms with Gasteiger partial charge in [-0.3, -0.25) is 4.90 Å². The van der Waals surface area contributed by atoms with Crippen molar-refractivity contribution in [3.05, 3.63) is 35.9 Å². The van der Waals surface area contributed by atoms with E-state index in [-0.39, 0.29) is 17.6 Å². The normalized spacial score (nSPS) is 14.7. The molecule has 2 N–H and O–H groups in total. The maximum absolute atomic E-state index is 10.5. The van der Waals surface area contributed by atoms with Gasteiger partial charge in [0.2, 0.25) is 0 Å². The van der Waals surface area contributed by atoms with Gasteiger partial charge in [-0.2, -0.15) is 0 Å². The van der Waals surface area contributed by atoms with Gasteiger partial charge in [-0.05, 0) is 26.5 Å². The fourth-order valence-electron chi connectivity index (χ4n) is 2.12. The van der Waals surface area contributed by atoms with Crippen LogP contribution in [0.2, 0.25) is 0 Å². The lowest BCUT2D eigenvalue weighted by atomic mass is 9.81. The van der Waals surface area contributed by atoms with Crippen LogP contribution < -0.4 is 0 Å². The van der Waals surface area contributed by atoms with E-state index in [2.05, 4.69) is 18.7 Å². The second-order valence-electron chi connectivity index (χ2n) is 6.63. The highest BCUT2D eigenvalue weighted by Crippen LogP contribution is 2.35. The Kier molecular flexibility index (Phi) is 5.13. The van der Waals surface area contributed by atoms with E-state index >= 15 is 0 Å². The minimum absolute atomic E-state index is 0.0982. The zero-order valence-electron chi connectivity index (χ0n) is 12.7. The first-order chi connectivity index (χ1) is 8.70. The Balaban J connectivity index is 2.81. The molecule has 0 aliphatic carbocycles. The van der Waals surface area contributed by atoms with Crippen LogP contribution in [-0.4, -0.2) is 40.9 Å². The Labute approximate surface area is 116 Å². The monoisotopic (exact) mass is 265 g/mol. The summed E-state index contributed by atoms with van der Waals surface area (Å²) >= 11 is 0. The summed E-state index contributed by atoms with van der Waals surface area (Å²) in [5.41, 5.74) is 0.360. The third kappa shape index (κ3) is 4.03. The van der Waals surface area contributed by atoms with Gasteiger partial charge < -0.3 is 10.2 Å². The Morgan fingerprint density at radius 2 is 1.63 bits per heavy atom. The molecule has 0 heterocycles. The number of aliphatic hydroxyl groups excluding tert-OH is 2. The predicted octanol–water partition coefficient (Wildman–Crippen LogP) is 2.45. The Hall–Kier alpha value is -0.900. The molecule has 0 saturated carbocycles. The van der Waals surface area contributed by atoms with E-state index in [1.807, 2.05) is 51.2 Å². The summed E-state index contributed by atoms with van der Waals surface area (Å²) in [5, 5.41) is 20.0. The summed E-state index contributed by atoms with van der Waals surface area (Å²) in [6.07, 6.45) is -0.523. The van der Waals surface area contributed by atoms with Gasteiger partial charge in [-0.15, -0.1) is 0 Å². The second-order valence-corrected chi connectivity index (χ2v) is 6.63. The van der Waals surface area contributed by atoms with E-state index in [1.54, 1.807) is 0 Å². The van der Waals surface area contributed by atoms with Crippen LogP contribution in [0.25, 0.3) is 0 Å². The fraction of sp³-hybridized carbons (Fsp3) is 0.625. The molecule has 1 atom stereocenters. The average molecular weight is 265 g/mol. The number of nitrogens with zero attached hydrogens (tertiary/aromatic N) is 1. The zero-order valence-corrected chi connectivity index (χ0v) is 12.7. The Morgan fingerprint density at radius 3 is 2.11 bits per heavy atom. The Morgan fingerprint density at radius 1 is 1.11 bits per heavy atom. The molecule has 19 heavy (non-hydrogen) atoms. The van der Waals surface area contributed by atoms with Crippen LogP contribution in [0.1, 0.15) is 39.4 Å². The predicted molar refractivity (Wildman–Crippen MR) is 79.0 cm³/mol. The van der Waals surface area contributed by atoms with Gasteiger partial charge in [0.1, 0.15) is 0 Å². The molecule has 0 spiro atoms. The molecule has 0 bridgehead atoms. The molecule has 108 valence electrons. The van der Waals surface area contributed by atoms with Crippen LogP contribution in [0.3, 0.4) is 0 Å². The van der Waals surface area contributed by atoms with E-state index in [0.29, 0.717) is 6.54 Å². The summed E-state index contributed by atoms with van der Waals surface area (Å²) in [6, 6.07) is 9.73. The van der Waals surface area contributed by atoms with E-state index in [9.17, 15) is 10.2 Å². The van der Waals surface area contributed by atoms with Crippen molar-refractivity contribution in [1.82, 2.24) is 4.90 Å². The van der Waals surface area contributed by atoms with Gasteiger partial charge in [-0.25, -0.2) is 0 Å². The van der Waals surface area contributed by atoms with Gasteiger partial charge in [0.05, 0.1) is 12.7 Å². The summed E-state index contributed by atoms with van der Waals surface area (Å²) in [4.78, 5) is 2.10. The molecule has 0 amide bonds. The van der Waals surface area contributed by atoms with Crippen molar-refractivity contribution < 1.29 is 10.2 Å². The molecule has 1 aromatic carbocycles. The number of hydrogen-bond donors (Lipinski definition) is 2. The minimum atomic E-state index is -0.523. The molecular formula is C16H27NO2. The molecule has 3 nitrogen and oxygen atoms in total. The van der Waals surface area contributed by atoms with E-state index in [4.69, 9.17) is 0 Å². The molecule has 0 aliphatic heterocycles. The first-order valence-corrected chi connectivity index (χ1v) is 6.76.